The van der Waals surface area contributed by atoms with Crippen LogP contribution in [0.25, 0.3) is 0 Å². The van der Waals surface area contributed by atoms with Gasteiger partial charge in [-0.25, -0.2) is 0 Å². The number of rotatable bonds is 7. The molecule has 0 aliphatic heterocycles. The second-order valence-corrected chi connectivity index (χ2v) is 4.01. The Morgan fingerprint density at radius 3 is 2.33 bits per heavy atom. The summed E-state index contributed by atoms with van der Waals surface area (Å²) in [6.45, 7) is 7.98. The number of nitrogens with two attached hydrogens (primary N) is 2. The summed E-state index contributed by atoms with van der Waals surface area (Å²) in [6.07, 6.45) is 2.19. The third kappa shape index (κ3) is 6.58. The van der Waals surface area contributed by atoms with Crippen LogP contribution in [0.2, 0.25) is 0 Å². The van der Waals surface area contributed by atoms with Crippen LogP contribution < -0.4 is 16.8 Å². The summed E-state index contributed by atoms with van der Waals surface area (Å²) in [6, 6.07) is 0. The van der Waals surface area contributed by atoms with Crippen LogP contribution >= 0.6 is 0 Å². The molecule has 74 valence electrons. The van der Waals surface area contributed by atoms with E-state index in [0.717, 1.165) is 39.0 Å². The highest BCUT2D eigenvalue weighted by Crippen LogP contribution is 2.16. The van der Waals surface area contributed by atoms with E-state index < -0.39 is 0 Å². The van der Waals surface area contributed by atoms with Gasteiger partial charge in [-0.3, -0.25) is 0 Å². The molecule has 3 nitrogen and oxygen atoms in total. The van der Waals surface area contributed by atoms with Crippen LogP contribution in [0.1, 0.15) is 26.7 Å². The zero-order chi connectivity index (χ0) is 9.45. The normalized spacial score (nSPS) is 12.0. The van der Waals surface area contributed by atoms with E-state index in [9.17, 15) is 0 Å². The Balaban J connectivity index is 3.19. The summed E-state index contributed by atoms with van der Waals surface area (Å²) >= 11 is 0. The third-order valence-electron chi connectivity index (χ3n) is 2.09. The topological polar surface area (TPSA) is 64.1 Å². The van der Waals surface area contributed by atoms with Crippen molar-refractivity contribution in [1.82, 2.24) is 5.32 Å². The zero-order valence-electron chi connectivity index (χ0n) is 8.40. The quantitative estimate of drug-likeness (QED) is 0.485. The van der Waals surface area contributed by atoms with Crippen LogP contribution in [-0.4, -0.2) is 26.2 Å². The molecular formula is C9H23N3. The predicted octanol–water partition coefficient (Wildman–Crippen LogP) is 0.300. The van der Waals surface area contributed by atoms with Crippen molar-refractivity contribution in [2.45, 2.75) is 26.7 Å². The first-order valence-corrected chi connectivity index (χ1v) is 4.73. The van der Waals surface area contributed by atoms with E-state index in [1.54, 1.807) is 0 Å². The van der Waals surface area contributed by atoms with Gasteiger partial charge in [-0.1, -0.05) is 13.8 Å². The van der Waals surface area contributed by atoms with Crippen molar-refractivity contribution in [3.63, 3.8) is 0 Å². The van der Waals surface area contributed by atoms with Crippen molar-refractivity contribution in [3.05, 3.63) is 0 Å². The van der Waals surface area contributed by atoms with Gasteiger partial charge < -0.3 is 16.8 Å². The Morgan fingerprint density at radius 1 is 1.17 bits per heavy atom. The van der Waals surface area contributed by atoms with Crippen LogP contribution in [0, 0.1) is 5.41 Å². The Labute approximate surface area is 75.9 Å². The Morgan fingerprint density at radius 2 is 1.83 bits per heavy atom. The molecule has 0 aliphatic rings. The fourth-order valence-electron chi connectivity index (χ4n) is 0.881. The van der Waals surface area contributed by atoms with Gasteiger partial charge in [0.15, 0.2) is 0 Å². The van der Waals surface area contributed by atoms with Crippen molar-refractivity contribution < 1.29 is 0 Å². The molecule has 0 aliphatic carbocycles. The van der Waals surface area contributed by atoms with Crippen molar-refractivity contribution in [2.24, 2.45) is 16.9 Å². The third-order valence-corrected chi connectivity index (χ3v) is 2.09. The van der Waals surface area contributed by atoms with Crippen molar-refractivity contribution in [3.8, 4) is 0 Å². The molecule has 0 saturated heterocycles. The fourth-order valence-corrected chi connectivity index (χ4v) is 0.881. The zero-order valence-corrected chi connectivity index (χ0v) is 8.40. The summed E-state index contributed by atoms with van der Waals surface area (Å²) in [4.78, 5) is 0. The van der Waals surface area contributed by atoms with Gasteiger partial charge in [0, 0.05) is 0 Å². The maximum Gasteiger partial charge on any atom is -0.00253 e. The Bertz CT molecular complexity index is 102. The summed E-state index contributed by atoms with van der Waals surface area (Å²) in [7, 11) is 0. The second kappa shape index (κ2) is 6.40. The lowest BCUT2D eigenvalue weighted by Gasteiger charge is -2.22. The lowest BCUT2D eigenvalue weighted by Crippen LogP contribution is -2.29. The molecule has 3 heteroatoms. The van der Waals surface area contributed by atoms with E-state index in [1.807, 2.05) is 0 Å². The Hall–Kier alpha value is -0.120. The van der Waals surface area contributed by atoms with Gasteiger partial charge in [-0.15, -0.1) is 0 Å². The predicted molar refractivity (Wildman–Crippen MR) is 54.0 cm³/mol. The van der Waals surface area contributed by atoms with Crippen LogP contribution in [-0.2, 0) is 0 Å². The number of nitrogens with one attached hydrogen (secondary N) is 1. The maximum absolute atomic E-state index is 5.60. The molecule has 0 amide bonds. The minimum atomic E-state index is 0.274. The highest BCUT2D eigenvalue weighted by Gasteiger charge is 2.13. The molecule has 0 spiro atoms. The minimum absolute atomic E-state index is 0.274. The minimum Gasteiger partial charge on any atom is -0.330 e. The molecule has 0 bridgehead atoms. The maximum atomic E-state index is 5.60. The highest BCUT2D eigenvalue weighted by atomic mass is 14.8. The highest BCUT2D eigenvalue weighted by molar-refractivity contribution is 4.70. The van der Waals surface area contributed by atoms with Crippen molar-refractivity contribution in [1.29, 1.82) is 0 Å². The molecule has 0 saturated carbocycles. The van der Waals surface area contributed by atoms with Gasteiger partial charge in [0.1, 0.15) is 0 Å². The van der Waals surface area contributed by atoms with Crippen LogP contribution in [0.3, 0.4) is 0 Å². The van der Waals surface area contributed by atoms with Gasteiger partial charge in [-0.05, 0) is 44.4 Å². The molecule has 0 unspecified atom stereocenters. The molecule has 0 heterocycles. The van der Waals surface area contributed by atoms with E-state index in [2.05, 4.69) is 19.2 Å². The van der Waals surface area contributed by atoms with Gasteiger partial charge >= 0.3 is 0 Å². The first-order valence-electron chi connectivity index (χ1n) is 4.73. The van der Waals surface area contributed by atoms with Crippen LogP contribution in [0.15, 0.2) is 0 Å². The summed E-state index contributed by atoms with van der Waals surface area (Å²) in [5.41, 5.74) is 11.2. The van der Waals surface area contributed by atoms with Gasteiger partial charge in [-0.2, -0.15) is 0 Å². The van der Waals surface area contributed by atoms with Gasteiger partial charge in [0.25, 0.3) is 0 Å². The SMILES string of the molecule is CC(C)(CN)CCNCCCN. The van der Waals surface area contributed by atoms with Crippen LogP contribution in [0.4, 0.5) is 0 Å². The van der Waals surface area contributed by atoms with E-state index in [0.29, 0.717) is 0 Å². The summed E-state index contributed by atoms with van der Waals surface area (Å²) in [5.74, 6) is 0. The molecule has 0 fully saturated rings. The fraction of sp³-hybridized carbons (Fsp3) is 1.00. The molecular weight excluding hydrogens is 150 g/mol. The van der Waals surface area contributed by atoms with Crippen LogP contribution in [0.5, 0.6) is 0 Å². The molecule has 0 aromatic heterocycles. The molecule has 12 heavy (non-hydrogen) atoms. The standard InChI is InChI=1S/C9H23N3/c1-9(2,8-11)4-7-12-6-3-5-10/h12H,3-8,10-11H2,1-2H3. The molecule has 0 radical (unpaired) electrons. The lowest BCUT2D eigenvalue weighted by molar-refractivity contribution is 0.339. The Kier molecular flexibility index (Phi) is 6.34. The average Bonchev–Trinajstić information content (AvgIpc) is 2.04. The molecule has 5 N–H and O–H groups in total. The van der Waals surface area contributed by atoms with Crippen molar-refractivity contribution >= 4 is 0 Å². The summed E-state index contributed by atoms with van der Waals surface area (Å²) < 4.78 is 0. The molecule has 0 aromatic carbocycles. The molecule has 0 atom stereocenters. The second-order valence-electron chi connectivity index (χ2n) is 4.01. The van der Waals surface area contributed by atoms with E-state index in [1.165, 1.54) is 0 Å². The van der Waals surface area contributed by atoms with Crippen molar-refractivity contribution in [2.75, 3.05) is 26.2 Å². The lowest BCUT2D eigenvalue weighted by atomic mass is 9.90. The van der Waals surface area contributed by atoms with Gasteiger partial charge in [0.05, 0.1) is 0 Å². The van der Waals surface area contributed by atoms with Gasteiger partial charge in [0.2, 0.25) is 0 Å². The monoisotopic (exact) mass is 173 g/mol. The number of hydrogen-bond acceptors (Lipinski definition) is 3. The molecule has 0 aromatic rings. The average molecular weight is 173 g/mol. The largest absolute Gasteiger partial charge is 0.330 e. The summed E-state index contributed by atoms with van der Waals surface area (Å²) in [5, 5.41) is 3.34. The van der Waals surface area contributed by atoms with E-state index in [-0.39, 0.29) is 5.41 Å². The smallest absolute Gasteiger partial charge is 0.00253 e. The van der Waals surface area contributed by atoms with E-state index in [4.69, 9.17) is 11.5 Å². The molecule has 0 rings (SSSR count). The first-order chi connectivity index (χ1) is 5.62. The first kappa shape index (κ1) is 11.9. The number of hydrogen-bond donors (Lipinski definition) is 3. The van der Waals surface area contributed by atoms with E-state index >= 15 is 0 Å².